The first-order valence-electron chi connectivity index (χ1n) is 5.10. The second kappa shape index (κ2) is 6.25. The van der Waals surface area contributed by atoms with Crippen LogP contribution in [-0.2, 0) is 4.74 Å². The van der Waals surface area contributed by atoms with Gasteiger partial charge in [0.2, 0.25) is 0 Å². The van der Waals surface area contributed by atoms with Gasteiger partial charge in [0, 0.05) is 12.2 Å². The Hall–Kier alpha value is -1.76. The van der Waals surface area contributed by atoms with Crippen molar-refractivity contribution in [3.8, 4) is 0 Å². The summed E-state index contributed by atoms with van der Waals surface area (Å²) in [6, 6.07) is 5.88. The zero-order valence-corrected chi connectivity index (χ0v) is 9.33. The second-order valence-corrected chi connectivity index (χ2v) is 3.48. The monoisotopic (exact) mass is 263 g/mol. The maximum absolute atomic E-state index is 11.7. The number of halogens is 3. The van der Waals surface area contributed by atoms with Crippen molar-refractivity contribution in [2.24, 2.45) is 0 Å². The van der Waals surface area contributed by atoms with E-state index >= 15 is 0 Å². The van der Waals surface area contributed by atoms with Crippen molar-refractivity contribution < 1.29 is 27.8 Å². The fraction of sp³-hybridized carbons (Fsp3) is 0.364. The number of carboxylic acids is 1. The molecule has 4 nitrogen and oxygen atoms in total. The van der Waals surface area contributed by atoms with Crippen LogP contribution >= 0.6 is 0 Å². The molecule has 0 saturated heterocycles. The van der Waals surface area contributed by atoms with Crippen molar-refractivity contribution in [3.63, 3.8) is 0 Å². The summed E-state index contributed by atoms with van der Waals surface area (Å²) < 4.78 is 39.6. The van der Waals surface area contributed by atoms with Gasteiger partial charge in [-0.15, -0.1) is 0 Å². The largest absolute Gasteiger partial charge is 0.478 e. The molecule has 0 bridgehead atoms. The Morgan fingerprint density at radius 1 is 1.28 bits per heavy atom. The highest BCUT2D eigenvalue weighted by atomic mass is 19.4. The summed E-state index contributed by atoms with van der Waals surface area (Å²) in [6.45, 7) is -1.14. The van der Waals surface area contributed by atoms with E-state index in [2.05, 4.69) is 10.1 Å². The number of ether oxygens (including phenoxy) is 1. The number of aromatic carboxylic acids is 1. The average Bonchev–Trinajstić information content (AvgIpc) is 2.27. The lowest BCUT2D eigenvalue weighted by Crippen LogP contribution is -2.20. The van der Waals surface area contributed by atoms with Crippen LogP contribution in [0.15, 0.2) is 24.3 Å². The van der Waals surface area contributed by atoms with Crippen LogP contribution < -0.4 is 5.32 Å². The van der Waals surface area contributed by atoms with Gasteiger partial charge in [0.05, 0.1) is 12.2 Å². The van der Waals surface area contributed by atoms with Crippen molar-refractivity contribution in [1.82, 2.24) is 0 Å². The van der Waals surface area contributed by atoms with Crippen molar-refractivity contribution >= 4 is 11.7 Å². The van der Waals surface area contributed by atoms with Gasteiger partial charge in [0.15, 0.2) is 0 Å². The molecule has 0 aliphatic rings. The number of carbonyl (C=O) groups is 1. The van der Waals surface area contributed by atoms with Gasteiger partial charge in [0.25, 0.3) is 0 Å². The maximum atomic E-state index is 11.7. The van der Waals surface area contributed by atoms with Gasteiger partial charge >= 0.3 is 12.1 Å². The Kier molecular flexibility index (Phi) is 4.96. The molecule has 2 N–H and O–H groups in total. The van der Waals surface area contributed by atoms with E-state index in [0.29, 0.717) is 5.69 Å². The van der Waals surface area contributed by atoms with E-state index in [1.54, 1.807) is 0 Å². The summed E-state index contributed by atoms with van der Waals surface area (Å²) in [5.41, 5.74) is 0.768. The van der Waals surface area contributed by atoms with Crippen LogP contribution in [0, 0.1) is 0 Å². The first kappa shape index (κ1) is 14.3. The minimum Gasteiger partial charge on any atom is -0.478 e. The molecule has 0 aliphatic heterocycles. The van der Waals surface area contributed by atoms with E-state index < -0.39 is 18.8 Å². The summed E-state index contributed by atoms with van der Waals surface area (Å²) in [4.78, 5) is 10.6. The summed E-state index contributed by atoms with van der Waals surface area (Å²) in [5, 5.41) is 11.5. The molecule has 0 aliphatic carbocycles. The maximum Gasteiger partial charge on any atom is 0.411 e. The van der Waals surface area contributed by atoms with Crippen LogP contribution in [-0.4, -0.2) is 37.0 Å². The highest BCUT2D eigenvalue weighted by Crippen LogP contribution is 2.14. The molecule has 0 radical (unpaired) electrons. The molecule has 18 heavy (non-hydrogen) atoms. The lowest BCUT2D eigenvalue weighted by molar-refractivity contribution is -0.172. The average molecular weight is 263 g/mol. The predicted octanol–water partition coefficient (Wildman–Crippen LogP) is 2.38. The summed E-state index contributed by atoms with van der Waals surface area (Å²) >= 11 is 0. The number of rotatable bonds is 6. The third-order valence-corrected chi connectivity index (χ3v) is 1.97. The Labute approximate surface area is 101 Å². The van der Waals surface area contributed by atoms with Gasteiger partial charge in [0.1, 0.15) is 6.61 Å². The van der Waals surface area contributed by atoms with Gasteiger partial charge in [-0.3, -0.25) is 0 Å². The Morgan fingerprint density at radius 2 is 1.89 bits per heavy atom. The van der Waals surface area contributed by atoms with E-state index in [-0.39, 0.29) is 18.7 Å². The predicted molar refractivity (Wildman–Crippen MR) is 58.8 cm³/mol. The number of anilines is 1. The molecule has 7 heteroatoms. The zero-order chi connectivity index (χ0) is 13.6. The molecule has 0 fully saturated rings. The molecule has 0 spiro atoms. The molecule has 1 rings (SSSR count). The molecule has 0 heterocycles. The van der Waals surface area contributed by atoms with Crippen LogP contribution in [0.3, 0.4) is 0 Å². The number of nitrogens with one attached hydrogen (secondary N) is 1. The molecule has 1 aromatic rings. The van der Waals surface area contributed by atoms with Gasteiger partial charge < -0.3 is 15.2 Å². The highest BCUT2D eigenvalue weighted by molar-refractivity contribution is 5.87. The van der Waals surface area contributed by atoms with E-state index in [1.807, 2.05) is 0 Å². The first-order chi connectivity index (χ1) is 8.38. The van der Waals surface area contributed by atoms with Crippen molar-refractivity contribution in [1.29, 1.82) is 0 Å². The molecular weight excluding hydrogens is 251 g/mol. The number of hydrogen-bond donors (Lipinski definition) is 2. The molecule has 0 atom stereocenters. The molecule has 0 unspecified atom stereocenters. The van der Waals surface area contributed by atoms with Gasteiger partial charge in [-0.2, -0.15) is 13.2 Å². The zero-order valence-electron chi connectivity index (χ0n) is 9.33. The second-order valence-electron chi connectivity index (χ2n) is 3.48. The molecule has 0 aromatic heterocycles. The minimum absolute atomic E-state index is 0.0831. The van der Waals surface area contributed by atoms with Gasteiger partial charge in [-0.05, 0) is 24.3 Å². The van der Waals surface area contributed by atoms with Crippen molar-refractivity contribution in [2.75, 3.05) is 25.1 Å². The number of alkyl halides is 3. The van der Waals surface area contributed by atoms with Crippen LogP contribution in [0.25, 0.3) is 0 Å². The minimum atomic E-state index is -4.32. The van der Waals surface area contributed by atoms with Crippen LogP contribution in [0.2, 0.25) is 0 Å². The lowest BCUT2D eigenvalue weighted by Gasteiger charge is -2.09. The third-order valence-electron chi connectivity index (χ3n) is 1.97. The lowest BCUT2D eigenvalue weighted by atomic mass is 10.2. The van der Waals surface area contributed by atoms with Gasteiger partial charge in [-0.1, -0.05) is 0 Å². The molecule has 1 aromatic carbocycles. The van der Waals surface area contributed by atoms with E-state index in [0.717, 1.165) is 0 Å². The summed E-state index contributed by atoms with van der Waals surface area (Å²) in [7, 11) is 0. The fourth-order valence-corrected chi connectivity index (χ4v) is 1.19. The molecule has 0 amide bonds. The Balaban J connectivity index is 2.25. The van der Waals surface area contributed by atoms with E-state index in [1.165, 1.54) is 24.3 Å². The summed E-state index contributed by atoms with van der Waals surface area (Å²) in [5.74, 6) is -1.03. The smallest absolute Gasteiger partial charge is 0.411 e. The molecule has 0 saturated carbocycles. The van der Waals surface area contributed by atoms with E-state index in [4.69, 9.17) is 5.11 Å². The van der Waals surface area contributed by atoms with Crippen LogP contribution in [0.1, 0.15) is 10.4 Å². The number of hydrogen-bond acceptors (Lipinski definition) is 3. The Morgan fingerprint density at radius 3 is 2.39 bits per heavy atom. The first-order valence-corrected chi connectivity index (χ1v) is 5.10. The SMILES string of the molecule is O=C(O)c1ccc(NCCOCC(F)(F)F)cc1. The van der Waals surface area contributed by atoms with E-state index in [9.17, 15) is 18.0 Å². The van der Waals surface area contributed by atoms with Crippen LogP contribution in [0.4, 0.5) is 18.9 Å². The standard InChI is InChI=1S/C11H12F3NO3/c12-11(13,14)7-18-6-5-15-9-3-1-8(2-4-9)10(16)17/h1-4,15H,5-7H2,(H,16,17). The van der Waals surface area contributed by atoms with Gasteiger partial charge in [-0.25, -0.2) is 4.79 Å². The number of benzene rings is 1. The number of carboxylic acid groups (broad SMARTS) is 1. The van der Waals surface area contributed by atoms with Crippen LogP contribution in [0.5, 0.6) is 0 Å². The Bertz CT molecular complexity index is 390. The quantitative estimate of drug-likeness (QED) is 0.774. The van der Waals surface area contributed by atoms with Crippen molar-refractivity contribution in [3.05, 3.63) is 29.8 Å². The molecular formula is C11H12F3NO3. The topological polar surface area (TPSA) is 58.6 Å². The molecule has 100 valence electrons. The fourth-order valence-electron chi connectivity index (χ4n) is 1.19. The highest BCUT2D eigenvalue weighted by Gasteiger charge is 2.27. The normalized spacial score (nSPS) is 11.3. The van der Waals surface area contributed by atoms with Crippen molar-refractivity contribution in [2.45, 2.75) is 6.18 Å². The third kappa shape index (κ3) is 5.53. The summed E-state index contributed by atoms with van der Waals surface area (Å²) in [6.07, 6.45) is -4.32.